The molecule has 0 saturated heterocycles. The number of carboxylic acid groups (broad SMARTS) is 1. The summed E-state index contributed by atoms with van der Waals surface area (Å²) in [4.78, 5) is 10.6. The maximum atomic E-state index is 10.6. The first-order chi connectivity index (χ1) is 7.54. The smallest absolute Gasteiger partial charge is 0.307 e. The van der Waals surface area contributed by atoms with Crippen LogP contribution in [-0.2, 0) is 11.2 Å². The minimum atomic E-state index is -0.805. The molecule has 3 nitrogen and oxygen atoms in total. The van der Waals surface area contributed by atoms with E-state index in [0.717, 1.165) is 28.9 Å². The second kappa shape index (κ2) is 5.54. The average molecular weight is 222 g/mol. The lowest BCUT2D eigenvalue weighted by atomic mass is 10.0. The lowest BCUT2D eigenvalue weighted by Gasteiger charge is -2.12. The normalized spacial score (nSPS) is 10.2. The number of rotatable bonds is 5. The SMILES string of the molecule is CCCOc1c(C)cc(CC(=O)O)cc1C. The third-order valence-corrected chi connectivity index (χ3v) is 2.33. The van der Waals surface area contributed by atoms with Gasteiger partial charge in [-0.25, -0.2) is 0 Å². The second-order valence-corrected chi connectivity index (χ2v) is 3.98. The molecule has 16 heavy (non-hydrogen) atoms. The van der Waals surface area contributed by atoms with Crippen molar-refractivity contribution in [3.8, 4) is 5.75 Å². The van der Waals surface area contributed by atoms with Crippen molar-refractivity contribution in [2.24, 2.45) is 0 Å². The van der Waals surface area contributed by atoms with E-state index in [0.29, 0.717) is 6.61 Å². The van der Waals surface area contributed by atoms with Gasteiger partial charge in [-0.3, -0.25) is 4.79 Å². The third kappa shape index (κ3) is 3.26. The molecule has 1 N–H and O–H groups in total. The molecule has 0 heterocycles. The summed E-state index contributed by atoms with van der Waals surface area (Å²) >= 11 is 0. The molecular formula is C13H18O3. The van der Waals surface area contributed by atoms with E-state index < -0.39 is 5.97 Å². The van der Waals surface area contributed by atoms with E-state index in [-0.39, 0.29) is 6.42 Å². The Balaban J connectivity index is 2.93. The fraction of sp³-hybridized carbons (Fsp3) is 0.462. The van der Waals surface area contributed by atoms with E-state index in [9.17, 15) is 4.79 Å². The Kier molecular flexibility index (Phi) is 4.35. The summed E-state index contributed by atoms with van der Waals surface area (Å²) in [7, 11) is 0. The molecule has 0 spiro atoms. The van der Waals surface area contributed by atoms with Gasteiger partial charge in [0, 0.05) is 0 Å². The number of carbonyl (C=O) groups is 1. The van der Waals surface area contributed by atoms with Crippen molar-refractivity contribution in [1.82, 2.24) is 0 Å². The van der Waals surface area contributed by atoms with Gasteiger partial charge in [0.2, 0.25) is 0 Å². The van der Waals surface area contributed by atoms with Gasteiger partial charge in [-0.2, -0.15) is 0 Å². The van der Waals surface area contributed by atoms with Crippen molar-refractivity contribution in [1.29, 1.82) is 0 Å². The lowest BCUT2D eigenvalue weighted by Crippen LogP contribution is -2.03. The topological polar surface area (TPSA) is 46.5 Å². The Bertz CT molecular complexity index is 360. The lowest BCUT2D eigenvalue weighted by molar-refractivity contribution is -0.136. The van der Waals surface area contributed by atoms with Crippen LogP contribution in [0.1, 0.15) is 30.0 Å². The molecule has 0 radical (unpaired) electrons. The Hall–Kier alpha value is -1.51. The Morgan fingerprint density at radius 2 is 1.88 bits per heavy atom. The van der Waals surface area contributed by atoms with Gasteiger partial charge in [0.25, 0.3) is 0 Å². The number of aryl methyl sites for hydroxylation is 2. The van der Waals surface area contributed by atoms with Crippen molar-refractivity contribution >= 4 is 5.97 Å². The van der Waals surface area contributed by atoms with Crippen LogP contribution < -0.4 is 4.74 Å². The first-order valence-corrected chi connectivity index (χ1v) is 5.49. The number of aliphatic carboxylic acids is 1. The van der Waals surface area contributed by atoms with Gasteiger partial charge in [-0.1, -0.05) is 19.1 Å². The van der Waals surface area contributed by atoms with Gasteiger partial charge in [0.05, 0.1) is 13.0 Å². The van der Waals surface area contributed by atoms with Crippen LogP contribution in [0.25, 0.3) is 0 Å². The highest BCUT2D eigenvalue weighted by Crippen LogP contribution is 2.25. The minimum Gasteiger partial charge on any atom is -0.493 e. The molecular weight excluding hydrogens is 204 g/mol. The zero-order chi connectivity index (χ0) is 12.1. The number of hydrogen-bond donors (Lipinski definition) is 1. The molecule has 0 unspecified atom stereocenters. The molecule has 1 aromatic carbocycles. The van der Waals surface area contributed by atoms with Crippen molar-refractivity contribution in [3.05, 3.63) is 28.8 Å². The first kappa shape index (κ1) is 12.6. The molecule has 0 aliphatic heterocycles. The van der Waals surface area contributed by atoms with Gasteiger partial charge in [0.1, 0.15) is 5.75 Å². The molecule has 0 amide bonds. The molecule has 3 heteroatoms. The molecule has 0 bridgehead atoms. The highest BCUT2D eigenvalue weighted by molar-refractivity contribution is 5.70. The monoisotopic (exact) mass is 222 g/mol. The summed E-state index contributed by atoms with van der Waals surface area (Å²) < 4.78 is 5.63. The highest BCUT2D eigenvalue weighted by Gasteiger charge is 2.08. The third-order valence-electron chi connectivity index (χ3n) is 2.33. The van der Waals surface area contributed by atoms with Gasteiger partial charge in [-0.15, -0.1) is 0 Å². The number of ether oxygens (including phenoxy) is 1. The Labute approximate surface area is 96.1 Å². The van der Waals surface area contributed by atoms with Gasteiger partial charge in [0.15, 0.2) is 0 Å². The standard InChI is InChI=1S/C13H18O3/c1-4-5-16-13-9(2)6-11(7-10(13)3)8-12(14)15/h6-7H,4-5,8H2,1-3H3,(H,14,15). The quantitative estimate of drug-likeness (QED) is 0.833. The first-order valence-electron chi connectivity index (χ1n) is 5.49. The summed E-state index contributed by atoms with van der Waals surface area (Å²) in [5.41, 5.74) is 2.83. The summed E-state index contributed by atoms with van der Waals surface area (Å²) in [6.07, 6.45) is 1.03. The van der Waals surface area contributed by atoms with Gasteiger partial charge < -0.3 is 9.84 Å². The van der Waals surface area contributed by atoms with Crippen LogP contribution in [0.3, 0.4) is 0 Å². The highest BCUT2D eigenvalue weighted by atomic mass is 16.5. The minimum absolute atomic E-state index is 0.0652. The molecule has 1 aromatic rings. The van der Waals surface area contributed by atoms with Crippen LogP contribution in [0, 0.1) is 13.8 Å². The molecule has 88 valence electrons. The summed E-state index contributed by atoms with van der Waals surface area (Å²) in [6.45, 7) is 6.65. The van der Waals surface area contributed by atoms with Crippen molar-refractivity contribution in [3.63, 3.8) is 0 Å². The van der Waals surface area contributed by atoms with E-state index >= 15 is 0 Å². The van der Waals surface area contributed by atoms with Crippen molar-refractivity contribution in [2.75, 3.05) is 6.61 Å². The Morgan fingerprint density at radius 1 is 1.31 bits per heavy atom. The molecule has 0 aromatic heterocycles. The van der Waals surface area contributed by atoms with E-state index in [1.165, 1.54) is 0 Å². The summed E-state index contributed by atoms with van der Waals surface area (Å²) in [6, 6.07) is 3.76. The molecule has 1 rings (SSSR count). The van der Waals surface area contributed by atoms with Crippen molar-refractivity contribution < 1.29 is 14.6 Å². The maximum Gasteiger partial charge on any atom is 0.307 e. The van der Waals surface area contributed by atoms with Crippen LogP contribution in [0.15, 0.2) is 12.1 Å². The fourth-order valence-corrected chi connectivity index (χ4v) is 1.75. The van der Waals surface area contributed by atoms with E-state index in [1.807, 2.05) is 26.0 Å². The molecule has 0 atom stereocenters. The molecule has 0 aliphatic rings. The van der Waals surface area contributed by atoms with Gasteiger partial charge >= 0.3 is 5.97 Å². The second-order valence-electron chi connectivity index (χ2n) is 3.98. The van der Waals surface area contributed by atoms with Gasteiger partial charge in [-0.05, 0) is 37.0 Å². The van der Waals surface area contributed by atoms with Crippen LogP contribution in [0.2, 0.25) is 0 Å². The van der Waals surface area contributed by atoms with Crippen LogP contribution >= 0.6 is 0 Å². The van der Waals surface area contributed by atoms with Crippen LogP contribution in [0.5, 0.6) is 5.75 Å². The van der Waals surface area contributed by atoms with Crippen LogP contribution in [-0.4, -0.2) is 17.7 Å². The predicted octanol–water partition coefficient (Wildman–Crippen LogP) is 2.72. The van der Waals surface area contributed by atoms with E-state index in [1.54, 1.807) is 0 Å². The molecule has 0 saturated carbocycles. The zero-order valence-corrected chi connectivity index (χ0v) is 10.0. The number of benzene rings is 1. The van der Waals surface area contributed by atoms with E-state index in [2.05, 4.69) is 6.92 Å². The van der Waals surface area contributed by atoms with E-state index in [4.69, 9.17) is 9.84 Å². The molecule has 0 aliphatic carbocycles. The Morgan fingerprint density at radius 3 is 2.31 bits per heavy atom. The van der Waals surface area contributed by atoms with Crippen LogP contribution in [0.4, 0.5) is 0 Å². The largest absolute Gasteiger partial charge is 0.493 e. The van der Waals surface area contributed by atoms with Crippen molar-refractivity contribution in [2.45, 2.75) is 33.6 Å². The zero-order valence-electron chi connectivity index (χ0n) is 10.0. The summed E-state index contributed by atoms with van der Waals surface area (Å²) in [5, 5.41) is 8.73. The summed E-state index contributed by atoms with van der Waals surface area (Å²) in [5.74, 6) is 0.0806. The molecule has 0 fully saturated rings. The average Bonchev–Trinajstić information content (AvgIpc) is 2.15. The number of carboxylic acids is 1. The maximum absolute atomic E-state index is 10.6. The fourth-order valence-electron chi connectivity index (χ4n) is 1.75. The predicted molar refractivity (Wildman–Crippen MR) is 63.0 cm³/mol. The number of hydrogen-bond acceptors (Lipinski definition) is 2.